The summed E-state index contributed by atoms with van der Waals surface area (Å²) in [6.45, 7) is 6.44. The van der Waals surface area contributed by atoms with E-state index >= 15 is 0 Å². The number of nitrogens with two attached hydrogens (primary N) is 1. The van der Waals surface area contributed by atoms with Crippen LogP contribution in [0.5, 0.6) is 0 Å². The maximum absolute atomic E-state index is 11.8. The van der Waals surface area contributed by atoms with Crippen LogP contribution in [-0.4, -0.2) is 18.0 Å². The summed E-state index contributed by atoms with van der Waals surface area (Å²) in [7, 11) is 0. The molecule has 3 nitrogen and oxygen atoms in total. The highest BCUT2D eigenvalue weighted by atomic mass is 35.5. The fraction of sp³-hybridized carbons (Fsp3) is 0.923. The molecule has 0 spiro atoms. The highest BCUT2D eigenvalue weighted by Crippen LogP contribution is 2.23. The first-order valence-corrected chi connectivity index (χ1v) is 6.55. The molecule has 0 aromatic carbocycles. The second-order valence-electron chi connectivity index (χ2n) is 5.71. The molecular formula is C13H27ClN2O. The van der Waals surface area contributed by atoms with Crippen molar-refractivity contribution in [1.29, 1.82) is 0 Å². The Kier molecular flexibility index (Phi) is 7.80. The van der Waals surface area contributed by atoms with Gasteiger partial charge in [0.25, 0.3) is 0 Å². The molecule has 0 bridgehead atoms. The van der Waals surface area contributed by atoms with Crippen LogP contribution >= 0.6 is 12.4 Å². The fourth-order valence-electron chi connectivity index (χ4n) is 2.49. The third-order valence-corrected chi connectivity index (χ3v) is 3.34. The molecule has 0 saturated heterocycles. The van der Waals surface area contributed by atoms with Crippen LogP contribution in [0.15, 0.2) is 0 Å². The van der Waals surface area contributed by atoms with Gasteiger partial charge in [0, 0.05) is 6.04 Å². The molecule has 102 valence electrons. The van der Waals surface area contributed by atoms with Crippen molar-refractivity contribution in [2.45, 2.75) is 65.0 Å². The van der Waals surface area contributed by atoms with E-state index in [-0.39, 0.29) is 24.4 Å². The lowest BCUT2D eigenvalue weighted by molar-refractivity contribution is -0.123. The zero-order valence-electron chi connectivity index (χ0n) is 11.2. The first-order valence-electron chi connectivity index (χ1n) is 6.55. The number of carbonyl (C=O) groups excluding carboxylic acids is 1. The quantitative estimate of drug-likeness (QED) is 0.818. The van der Waals surface area contributed by atoms with Crippen molar-refractivity contribution in [3.8, 4) is 0 Å². The summed E-state index contributed by atoms with van der Waals surface area (Å²) in [6, 6.07) is 0.0201. The molecule has 0 radical (unpaired) electrons. The lowest BCUT2D eigenvalue weighted by Gasteiger charge is -2.28. The molecule has 1 saturated carbocycles. The van der Waals surface area contributed by atoms with Gasteiger partial charge in [-0.1, -0.05) is 33.6 Å². The second kappa shape index (κ2) is 7.93. The molecule has 1 rings (SSSR count). The van der Waals surface area contributed by atoms with Crippen LogP contribution in [0.2, 0.25) is 0 Å². The Balaban J connectivity index is 0.00000256. The minimum atomic E-state index is -0.336. The predicted molar refractivity (Wildman–Crippen MR) is 74.2 cm³/mol. The summed E-state index contributed by atoms with van der Waals surface area (Å²) < 4.78 is 0. The molecule has 3 atom stereocenters. The number of rotatable bonds is 4. The summed E-state index contributed by atoms with van der Waals surface area (Å²) in [5, 5.41) is 3.09. The molecule has 0 aromatic heterocycles. The van der Waals surface area contributed by atoms with Gasteiger partial charge in [0.15, 0.2) is 0 Å². The minimum absolute atomic E-state index is 0. The highest BCUT2D eigenvalue weighted by Gasteiger charge is 2.23. The third-order valence-electron chi connectivity index (χ3n) is 3.34. The average Bonchev–Trinajstić information content (AvgIpc) is 2.16. The lowest BCUT2D eigenvalue weighted by atomic mass is 9.87. The first kappa shape index (κ1) is 16.7. The van der Waals surface area contributed by atoms with Crippen LogP contribution in [0.4, 0.5) is 0 Å². The number of amides is 1. The number of hydrogen-bond acceptors (Lipinski definition) is 2. The van der Waals surface area contributed by atoms with Crippen LogP contribution < -0.4 is 11.1 Å². The van der Waals surface area contributed by atoms with Gasteiger partial charge in [0.2, 0.25) is 5.91 Å². The molecule has 1 amide bonds. The Hall–Kier alpha value is -0.280. The Bertz CT molecular complexity index is 233. The van der Waals surface area contributed by atoms with E-state index in [0.29, 0.717) is 12.0 Å². The van der Waals surface area contributed by atoms with Crippen molar-refractivity contribution in [3.05, 3.63) is 0 Å². The van der Waals surface area contributed by atoms with E-state index in [4.69, 9.17) is 5.73 Å². The van der Waals surface area contributed by atoms with Crippen molar-refractivity contribution >= 4 is 18.3 Å². The summed E-state index contributed by atoms with van der Waals surface area (Å²) in [4.78, 5) is 11.8. The molecule has 0 heterocycles. The first-order chi connectivity index (χ1) is 7.49. The normalized spacial score (nSPS) is 26.2. The minimum Gasteiger partial charge on any atom is -0.352 e. The van der Waals surface area contributed by atoms with E-state index in [1.165, 1.54) is 12.8 Å². The summed E-state index contributed by atoms with van der Waals surface area (Å²) in [5.41, 5.74) is 5.86. The van der Waals surface area contributed by atoms with E-state index in [1.54, 1.807) is 0 Å². The number of hydrogen-bond donors (Lipinski definition) is 2. The maximum atomic E-state index is 11.8. The van der Waals surface area contributed by atoms with Crippen molar-refractivity contribution < 1.29 is 4.79 Å². The van der Waals surface area contributed by atoms with Gasteiger partial charge in [-0.05, 0) is 31.1 Å². The number of carbonyl (C=O) groups is 1. The molecule has 3 N–H and O–H groups in total. The van der Waals surface area contributed by atoms with Gasteiger partial charge >= 0.3 is 0 Å². The standard InChI is InChI=1S/C13H26N2O.ClH/c1-9(2)7-12(14)13(16)15-11-6-4-5-10(3)8-11;/h9-12H,4-8,14H2,1-3H3,(H,15,16);1H/t10?,11?,12-;/m0./s1. The summed E-state index contributed by atoms with van der Waals surface area (Å²) in [5.74, 6) is 1.25. The van der Waals surface area contributed by atoms with Crippen LogP contribution in [0, 0.1) is 11.8 Å². The molecule has 0 aromatic rings. The van der Waals surface area contributed by atoms with Gasteiger partial charge in [-0.25, -0.2) is 0 Å². The summed E-state index contributed by atoms with van der Waals surface area (Å²) in [6.07, 6.45) is 5.52. The van der Waals surface area contributed by atoms with Gasteiger partial charge in [-0.3, -0.25) is 4.79 Å². The van der Waals surface area contributed by atoms with Gasteiger partial charge in [-0.2, -0.15) is 0 Å². The van der Waals surface area contributed by atoms with Crippen LogP contribution in [0.25, 0.3) is 0 Å². The van der Waals surface area contributed by atoms with E-state index in [9.17, 15) is 4.79 Å². The van der Waals surface area contributed by atoms with E-state index in [1.807, 2.05) is 0 Å². The Morgan fingerprint density at radius 1 is 1.41 bits per heavy atom. The zero-order chi connectivity index (χ0) is 12.1. The third kappa shape index (κ3) is 6.27. The number of nitrogens with one attached hydrogen (secondary N) is 1. The van der Waals surface area contributed by atoms with Crippen molar-refractivity contribution in [3.63, 3.8) is 0 Å². The monoisotopic (exact) mass is 262 g/mol. The molecule has 1 aliphatic rings. The van der Waals surface area contributed by atoms with Crippen molar-refractivity contribution in [2.24, 2.45) is 17.6 Å². The second-order valence-corrected chi connectivity index (χ2v) is 5.71. The lowest BCUT2D eigenvalue weighted by Crippen LogP contribution is -2.47. The van der Waals surface area contributed by atoms with Crippen molar-refractivity contribution in [2.75, 3.05) is 0 Å². The van der Waals surface area contributed by atoms with E-state index < -0.39 is 0 Å². The molecule has 2 unspecified atom stereocenters. The largest absolute Gasteiger partial charge is 0.352 e. The Morgan fingerprint density at radius 2 is 2.06 bits per heavy atom. The zero-order valence-corrected chi connectivity index (χ0v) is 12.1. The Labute approximate surface area is 111 Å². The fourth-order valence-corrected chi connectivity index (χ4v) is 2.49. The van der Waals surface area contributed by atoms with Gasteiger partial charge in [0.05, 0.1) is 6.04 Å². The van der Waals surface area contributed by atoms with E-state index in [0.717, 1.165) is 25.2 Å². The van der Waals surface area contributed by atoms with Crippen LogP contribution in [0.1, 0.15) is 52.9 Å². The number of halogens is 1. The molecule has 1 fully saturated rings. The molecule has 0 aliphatic heterocycles. The maximum Gasteiger partial charge on any atom is 0.237 e. The molecular weight excluding hydrogens is 236 g/mol. The van der Waals surface area contributed by atoms with Crippen molar-refractivity contribution in [1.82, 2.24) is 5.32 Å². The molecule has 17 heavy (non-hydrogen) atoms. The predicted octanol–water partition coefficient (Wildman–Crippen LogP) is 2.48. The average molecular weight is 263 g/mol. The molecule has 1 aliphatic carbocycles. The topological polar surface area (TPSA) is 55.1 Å². The van der Waals surface area contributed by atoms with E-state index in [2.05, 4.69) is 26.1 Å². The highest BCUT2D eigenvalue weighted by molar-refractivity contribution is 5.85. The van der Waals surface area contributed by atoms with Crippen LogP contribution in [0.3, 0.4) is 0 Å². The van der Waals surface area contributed by atoms with Crippen LogP contribution in [-0.2, 0) is 4.79 Å². The Morgan fingerprint density at radius 3 is 2.59 bits per heavy atom. The van der Waals surface area contributed by atoms with Gasteiger partial charge in [0.1, 0.15) is 0 Å². The smallest absolute Gasteiger partial charge is 0.237 e. The summed E-state index contributed by atoms with van der Waals surface area (Å²) >= 11 is 0. The van der Waals surface area contributed by atoms with Gasteiger partial charge in [-0.15, -0.1) is 12.4 Å². The molecule has 4 heteroatoms. The van der Waals surface area contributed by atoms with Gasteiger partial charge < -0.3 is 11.1 Å². The SMILES string of the molecule is CC(C)C[C@H](N)C(=O)NC1CCCC(C)C1.Cl.